The molecule has 0 fully saturated rings. The van der Waals surface area contributed by atoms with Crippen molar-refractivity contribution in [2.75, 3.05) is 23.5 Å². The third-order valence-electron chi connectivity index (χ3n) is 7.17. The summed E-state index contributed by atoms with van der Waals surface area (Å²) >= 11 is 0. The molecule has 0 radical (unpaired) electrons. The third-order valence-corrected chi connectivity index (χ3v) is 7.17. The largest absolute Gasteiger partial charge is 0.355 e. The molecule has 0 unspecified atom stereocenters. The minimum atomic E-state index is -0.534. The molecule has 2 aliphatic rings. The summed E-state index contributed by atoms with van der Waals surface area (Å²) in [6.07, 6.45) is 9.47. The Balaban J connectivity index is 1.50. The van der Waals surface area contributed by atoms with Crippen molar-refractivity contribution in [2.24, 2.45) is 0 Å². The van der Waals surface area contributed by atoms with Gasteiger partial charge in [-0.1, -0.05) is 24.3 Å². The van der Waals surface area contributed by atoms with Crippen molar-refractivity contribution < 1.29 is 0 Å². The first kappa shape index (κ1) is 19.1. The van der Waals surface area contributed by atoms with Crippen LogP contribution in [-0.2, 0) is 5.41 Å². The van der Waals surface area contributed by atoms with E-state index in [2.05, 4.69) is 104 Å². The van der Waals surface area contributed by atoms with Crippen molar-refractivity contribution in [3.63, 3.8) is 0 Å². The number of hydrogen-bond acceptors (Lipinski definition) is 5. The number of aromatic amines is 1. The molecular formula is C28H22N6. The normalized spacial score (nSPS) is 15.2. The molecule has 5 aromatic rings. The topological polar surface area (TPSA) is 60.9 Å². The molecule has 7 rings (SSSR count). The van der Waals surface area contributed by atoms with E-state index < -0.39 is 5.41 Å². The molecule has 0 bridgehead atoms. The number of para-hydroxylation sites is 2. The Morgan fingerprint density at radius 1 is 0.794 bits per heavy atom. The fraction of sp³-hybridized carbons (Fsp3) is 0.107. The molecule has 0 saturated carbocycles. The summed E-state index contributed by atoms with van der Waals surface area (Å²) in [6, 6.07) is 23.8. The fourth-order valence-corrected chi connectivity index (χ4v) is 5.75. The van der Waals surface area contributed by atoms with Crippen LogP contribution in [0.25, 0.3) is 11.1 Å². The summed E-state index contributed by atoms with van der Waals surface area (Å²) in [4.78, 5) is 13.5. The quantitative estimate of drug-likeness (QED) is 0.413. The Morgan fingerprint density at radius 2 is 1.53 bits per heavy atom. The summed E-state index contributed by atoms with van der Waals surface area (Å²) in [5.41, 5.74) is 9.88. The van der Waals surface area contributed by atoms with Gasteiger partial charge in [-0.25, -0.2) is 0 Å². The van der Waals surface area contributed by atoms with E-state index in [1.54, 1.807) is 0 Å². The number of pyridine rings is 2. The van der Waals surface area contributed by atoms with Crippen LogP contribution in [-0.4, -0.2) is 33.9 Å². The van der Waals surface area contributed by atoms with Crippen LogP contribution in [0.1, 0.15) is 22.4 Å². The Hall–Kier alpha value is -4.45. The van der Waals surface area contributed by atoms with Crippen LogP contribution in [0, 0.1) is 0 Å². The van der Waals surface area contributed by atoms with E-state index in [0.29, 0.717) is 0 Å². The first-order valence-electron chi connectivity index (χ1n) is 11.4. The average Bonchev–Trinajstić information content (AvgIpc) is 3.61. The maximum absolute atomic E-state index is 4.44. The van der Waals surface area contributed by atoms with Gasteiger partial charge in [0.15, 0.2) is 0 Å². The number of hydrogen-bond donors (Lipinski definition) is 1. The molecule has 164 valence electrons. The second-order valence-electron chi connectivity index (χ2n) is 8.87. The van der Waals surface area contributed by atoms with E-state index in [1.807, 2.05) is 31.0 Å². The van der Waals surface area contributed by atoms with Crippen molar-refractivity contribution in [3.05, 3.63) is 120 Å². The fourth-order valence-electron chi connectivity index (χ4n) is 5.75. The maximum atomic E-state index is 4.44. The Bertz CT molecular complexity index is 1480. The highest BCUT2D eigenvalue weighted by Crippen LogP contribution is 2.55. The van der Waals surface area contributed by atoms with Crippen LogP contribution in [0.5, 0.6) is 0 Å². The lowest BCUT2D eigenvalue weighted by Gasteiger charge is -2.32. The molecule has 1 aliphatic carbocycles. The lowest BCUT2D eigenvalue weighted by atomic mass is 9.70. The van der Waals surface area contributed by atoms with Gasteiger partial charge in [-0.15, -0.1) is 0 Å². The summed E-state index contributed by atoms with van der Waals surface area (Å²) in [5.74, 6) is 0. The lowest BCUT2D eigenvalue weighted by molar-refractivity contribution is 0.725. The van der Waals surface area contributed by atoms with Crippen LogP contribution < -0.4 is 9.80 Å². The molecule has 1 N–H and O–H groups in total. The summed E-state index contributed by atoms with van der Waals surface area (Å²) in [6.45, 7) is 0.806. The molecule has 4 heterocycles. The number of H-pyrrole nitrogens is 1. The smallest absolute Gasteiger partial charge is 0.0950 e. The average molecular weight is 443 g/mol. The zero-order valence-electron chi connectivity index (χ0n) is 18.7. The second kappa shape index (κ2) is 7.02. The van der Waals surface area contributed by atoms with E-state index in [0.717, 1.165) is 29.2 Å². The number of nitrogens with one attached hydrogen (secondary N) is 1. The monoisotopic (exact) mass is 442 g/mol. The second-order valence-corrected chi connectivity index (χ2v) is 8.87. The molecule has 6 nitrogen and oxygen atoms in total. The molecule has 1 aliphatic heterocycles. The van der Waals surface area contributed by atoms with Gasteiger partial charge in [-0.05, 0) is 59.2 Å². The van der Waals surface area contributed by atoms with E-state index in [4.69, 9.17) is 0 Å². The maximum Gasteiger partial charge on any atom is 0.0950 e. The van der Waals surface area contributed by atoms with Crippen LogP contribution in [0.3, 0.4) is 0 Å². The van der Waals surface area contributed by atoms with Gasteiger partial charge in [0.1, 0.15) is 0 Å². The zero-order chi connectivity index (χ0) is 22.7. The molecular weight excluding hydrogens is 420 g/mol. The third kappa shape index (κ3) is 2.42. The molecule has 34 heavy (non-hydrogen) atoms. The summed E-state index contributed by atoms with van der Waals surface area (Å²) in [5, 5.41) is 7.65. The molecule has 0 saturated heterocycles. The van der Waals surface area contributed by atoms with Crippen molar-refractivity contribution in [2.45, 2.75) is 5.41 Å². The highest BCUT2D eigenvalue weighted by Gasteiger charge is 2.47. The first-order chi connectivity index (χ1) is 16.8. The van der Waals surface area contributed by atoms with Gasteiger partial charge in [0.25, 0.3) is 0 Å². The molecule has 6 heteroatoms. The SMILES string of the molecule is CN1CN(c2cccc(C3(c4ccn[nH]4)c4ccncc4-c4cnccc43)c2)c2ccccc21. The van der Waals surface area contributed by atoms with Gasteiger partial charge < -0.3 is 9.80 Å². The van der Waals surface area contributed by atoms with Gasteiger partial charge in [0.05, 0.1) is 29.2 Å². The number of anilines is 3. The number of rotatable bonds is 3. The van der Waals surface area contributed by atoms with Crippen molar-refractivity contribution >= 4 is 17.1 Å². The lowest BCUT2D eigenvalue weighted by Crippen LogP contribution is -2.30. The van der Waals surface area contributed by atoms with Gasteiger partial charge >= 0.3 is 0 Å². The molecule has 0 amide bonds. The van der Waals surface area contributed by atoms with Gasteiger partial charge in [-0.2, -0.15) is 5.10 Å². The van der Waals surface area contributed by atoms with Crippen molar-refractivity contribution in [1.29, 1.82) is 0 Å². The van der Waals surface area contributed by atoms with Crippen molar-refractivity contribution in [1.82, 2.24) is 20.2 Å². The summed E-state index contributed by atoms with van der Waals surface area (Å²) in [7, 11) is 2.14. The van der Waals surface area contributed by atoms with Crippen LogP contribution in [0.15, 0.2) is 97.7 Å². The van der Waals surface area contributed by atoms with E-state index in [1.165, 1.54) is 28.1 Å². The highest BCUT2D eigenvalue weighted by molar-refractivity contribution is 5.86. The first-order valence-corrected chi connectivity index (χ1v) is 11.4. The standard InChI is InChI=1S/C28H22N6/c1-33-18-34(26-8-3-2-7-25(26)33)20-6-4-5-19(15-20)28(27-11-14-31-32-27)23-9-12-29-16-21(23)22-17-30-13-10-24(22)28/h2-17H,18H2,1H3,(H,31,32). The van der Waals surface area contributed by atoms with Gasteiger partial charge in [-0.3, -0.25) is 15.1 Å². The zero-order valence-corrected chi connectivity index (χ0v) is 18.7. The van der Waals surface area contributed by atoms with Gasteiger partial charge in [0, 0.05) is 54.8 Å². The number of fused-ring (bicyclic) bond motifs is 4. The van der Waals surface area contributed by atoms with Crippen LogP contribution >= 0.6 is 0 Å². The predicted octanol–water partition coefficient (Wildman–Crippen LogP) is 5.11. The summed E-state index contributed by atoms with van der Waals surface area (Å²) < 4.78 is 0. The van der Waals surface area contributed by atoms with Gasteiger partial charge in [0.2, 0.25) is 0 Å². The molecule has 3 aromatic heterocycles. The Kier molecular flexibility index (Phi) is 3.94. The van der Waals surface area contributed by atoms with Crippen molar-refractivity contribution in [3.8, 4) is 11.1 Å². The Morgan fingerprint density at radius 3 is 2.24 bits per heavy atom. The minimum Gasteiger partial charge on any atom is -0.355 e. The molecule has 0 atom stereocenters. The highest BCUT2D eigenvalue weighted by atomic mass is 15.4. The predicted molar refractivity (Wildman–Crippen MR) is 133 cm³/mol. The van der Waals surface area contributed by atoms with Crippen LogP contribution in [0.2, 0.25) is 0 Å². The number of benzene rings is 2. The Labute approximate surface area is 197 Å². The minimum absolute atomic E-state index is 0.534. The molecule has 0 spiro atoms. The van der Waals surface area contributed by atoms with E-state index in [9.17, 15) is 0 Å². The number of aromatic nitrogens is 4. The van der Waals surface area contributed by atoms with E-state index >= 15 is 0 Å². The van der Waals surface area contributed by atoms with Crippen LogP contribution in [0.4, 0.5) is 17.1 Å². The number of nitrogens with zero attached hydrogens (tertiary/aromatic N) is 5. The molecule has 2 aromatic carbocycles. The van der Waals surface area contributed by atoms with E-state index in [-0.39, 0.29) is 0 Å².